The van der Waals surface area contributed by atoms with Gasteiger partial charge in [-0.3, -0.25) is 0 Å². The molecule has 0 radical (unpaired) electrons. The maximum Gasteiger partial charge on any atom is 0.323 e. The molecule has 0 unspecified atom stereocenters. The van der Waals surface area contributed by atoms with Crippen LogP contribution in [0.5, 0.6) is 0 Å². The first-order valence-electron chi connectivity index (χ1n) is 7.82. The Bertz CT molecular complexity index is 554. The predicted octanol–water partition coefficient (Wildman–Crippen LogP) is 1.33. The van der Waals surface area contributed by atoms with Crippen molar-refractivity contribution in [1.82, 2.24) is 10.6 Å². The van der Waals surface area contributed by atoms with Gasteiger partial charge in [0, 0.05) is 24.1 Å². The molecule has 2 amide bonds. The lowest BCUT2D eigenvalue weighted by molar-refractivity contribution is -0.0225. The van der Waals surface area contributed by atoms with E-state index < -0.39 is 25.2 Å². The minimum absolute atomic E-state index is 0.302. The van der Waals surface area contributed by atoms with Gasteiger partial charge in [-0.15, -0.1) is 13.2 Å². The Kier molecular flexibility index (Phi) is 5.74. The van der Waals surface area contributed by atoms with E-state index in [1.54, 1.807) is 6.20 Å². The first kappa shape index (κ1) is 18.3. The average Bonchev–Trinajstić information content (AvgIpc) is 2.74. The lowest BCUT2D eigenvalue weighted by Gasteiger charge is -2.26. The lowest BCUT2D eigenvalue weighted by Crippen LogP contribution is -2.42. The van der Waals surface area contributed by atoms with Gasteiger partial charge in [0.25, 0.3) is 0 Å². The number of ether oxygens (including phenoxy) is 2. The van der Waals surface area contributed by atoms with Gasteiger partial charge >= 0.3 is 6.03 Å². The Morgan fingerprint density at radius 2 is 2.17 bits per heavy atom. The normalized spacial score (nSPS) is 31.6. The van der Waals surface area contributed by atoms with Gasteiger partial charge < -0.3 is 25.2 Å². The summed E-state index contributed by atoms with van der Waals surface area (Å²) in [5.74, 6) is 0. The van der Waals surface area contributed by atoms with Crippen molar-refractivity contribution < 1.29 is 19.4 Å². The first-order valence-corrected chi connectivity index (χ1v) is 10.9. The summed E-state index contributed by atoms with van der Waals surface area (Å²) in [6.07, 6.45) is 5.51. The molecule has 1 saturated heterocycles. The molecule has 0 aromatic rings. The predicted molar refractivity (Wildman–Crippen MR) is 94.3 cm³/mol. The van der Waals surface area contributed by atoms with Crippen LogP contribution in [0.1, 0.15) is 13.3 Å². The Morgan fingerprint density at radius 1 is 1.48 bits per heavy atom. The van der Waals surface area contributed by atoms with Gasteiger partial charge in [-0.1, -0.05) is 6.58 Å². The molecule has 0 bridgehead atoms. The molecule has 0 aromatic heterocycles. The van der Waals surface area contributed by atoms with Gasteiger partial charge in [-0.05, 0) is 32.8 Å². The molecule has 4 atom stereocenters. The highest BCUT2D eigenvalue weighted by Crippen LogP contribution is 2.39. The van der Waals surface area contributed by atoms with Crippen molar-refractivity contribution in [1.29, 1.82) is 0 Å². The second kappa shape index (κ2) is 7.22. The number of carbonyl (C=O) groups is 1. The van der Waals surface area contributed by atoms with Crippen LogP contribution in [0.2, 0.25) is 0 Å². The van der Waals surface area contributed by atoms with E-state index in [0.717, 1.165) is 12.6 Å². The fourth-order valence-corrected chi connectivity index (χ4v) is 3.76. The molecule has 0 saturated carbocycles. The largest absolute Gasteiger partial charge is 0.388 e. The zero-order chi connectivity index (χ0) is 17.2. The number of nitrogens with one attached hydrogen (secondary N) is 2. The Balaban J connectivity index is 2.16. The monoisotopic (exact) mass is 342 g/mol. The zero-order valence-corrected chi connectivity index (χ0v) is 14.9. The highest BCUT2D eigenvalue weighted by atomic mass is 31.2. The Hall–Kier alpha value is -1.07. The standard InChI is InChI=1S/C16H27N2O4P/c1-6-21-15-13(19)12(7-8-23(3,4)5)22-14(15)11-9-17-16(20)18-10(11)2/h9,12-15,19H,2-3,6-8H2,1,4-5H3,(H2,17,18,20)/t12-,13-,14+,15-/m1/s1. The van der Waals surface area contributed by atoms with Crippen LogP contribution < -0.4 is 10.6 Å². The first-order chi connectivity index (χ1) is 10.7. The van der Waals surface area contributed by atoms with Crippen LogP contribution in [0.3, 0.4) is 0 Å². The van der Waals surface area contributed by atoms with Gasteiger partial charge in [0.05, 0.1) is 6.10 Å². The molecule has 23 heavy (non-hydrogen) atoms. The van der Waals surface area contributed by atoms with Gasteiger partial charge in [-0.25, -0.2) is 4.79 Å². The summed E-state index contributed by atoms with van der Waals surface area (Å²) >= 11 is 0. The molecule has 0 aliphatic carbocycles. The second-order valence-corrected chi connectivity index (χ2v) is 10.9. The topological polar surface area (TPSA) is 79.8 Å². The number of urea groups is 1. The van der Waals surface area contributed by atoms with E-state index in [1.165, 1.54) is 0 Å². The summed E-state index contributed by atoms with van der Waals surface area (Å²) in [5, 5.41) is 15.8. The van der Waals surface area contributed by atoms with Crippen molar-refractivity contribution in [2.75, 3.05) is 26.1 Å². The lowest BCUT2D eigenvalue weighted by atomic mass is 9.98. The summed E-state index contributed by atoms with van der Waals surface area (Å²) in [4.78, 5) is 11.3. The fraction of sp³-hybridized carbons (Fsp3) is 0.625. The molecule has 7 heteroatoms. The Morgan fingerprint density at radius 3 is 2.74 bits per heavy atom. The molecular weight excluding hydrogens is 315 g/mol. The second-order valence-electron chi connectivity index (χ2n) is 6.63. The highest BCUT2D eigenvalue weighted by Gasteiger charge is 2.46. The van der Waals surface area contributed by atoms with Crippen molar-refractivity contribution in [2.24, 2.45) is 0 Å². The van der Waals surface area contributed by atoms with Crippen molar-refractivity contribution in [2.45, 2.75) is 37.8 Å². The molecule has 2 heterocycles. The maximum absolute atomic E-state index is 11.3. The van der Waals surface area contributed by atoms with Crippen LogP contribution in [0, 0.1) is 0 Å². The smallest absolute Gasteiger partial charge is 0.323 e. The molecule has 2 aliphatic rings. The van der Waals surface area contributed by atoms with E-state index in [0.29, 0.717) is 17.9 Å². The summed E-state index contributed by atoms with van der Waals surface area (Å²) in [7, 11) is 0. The van der Waals surface area contributed by atoms with E-state index in [-0.39, 0.29) is 12.1 Å². The Labute approximate surface area is 137 Å². The SMILES string of the molecule is C=C1NC(=O)NC=C1[C@@H]1O[C@H](CCP(=C)(C)C)[C@@H](O)[C@H]1OCC. The van der Waals surface area contributed by atoms with E-state index >= 15 is 0 Å². The third-order valence-electron chi connectivity index (χ3n) is 3.99. The number of rotatable bonds is 6. The van der Waals surface area contributed by atoms with E-state index in [1.807, 2.05) is 6.92 Å². The van der Waals surface area contributed by atoms with Crippen LogP contribution in [-0.4, -0.2) is 68.0 Å². The maximum atomic E-state index is 11.3. The quantitative estimate of drug-likeness (QED) is 0.636. The van der Waals surface area contributed by atoms with Crippen molar-refractivity contribution >= 4 is 19.2 Å². The van der Waals surface area contributed by atoms with Crippen molar-refractivity contribution in [3.05, 3.63) is 24.0 Å². The summed E-state index contributed by atoms with van der Waals surface area (Å²) in [6.45, 7) is 9.35. The van der Waals surface area contributed by atoms with Crippen LogP contribution in [0.25, 0.3) is 0 Å². The van der Waals surface area contributed by atoms with Crippen LogP contribution in [0.4, 0.5) is 4.79 Å². The number of carbonyl (C=O) groups excluding carboxylic acids is 1. The van der Waals surface area contributed by atoms with E-state index in [4.69, 9.17) is 9.47 Å². The minimum Gasteiger partial charge on any atom is -0.388 e. The third-order valence-corrected chi connectivity index (χ3v) is 5.46. The van der Waals surface area contributed by atoms with Gasteiger partial charge in [-0.2, -0.15) is 0 Å². The molecule has 2 rings (SSSR count). The molecule has 2 aliphatic heterocycles. The van der Waals surface area contributed by atoms with Crippen LogP contribution in [-0.2, 0) is 9.47 Å². The van der Waals surface area contributed by atoms with Crippen molar-refractivity contribution in [3.63, 3.8) is 0 Å². The van der Waals surface area contributed by atoms with Gasteiger partial charge in [0.2, 0.25) is 0 Å². The van der Waals surface area contributed by atoms with Crippen LogP contribution >= 0.6 is 6.89 Å². The number of aliphatic hydroxyl groups excluding tert-OH is 1. The van der Waals surface area contributed by atoms with E-state index in [9.17, 15) is 9.90 Å². The molecule has 0 spiro atoms. The summed E-state index contributed by atoms with van der Waals surface area (Å²) < 4.78 is 11.8. The molecule has 6 nitrogen and oxygen atoms in total. The van der Waals surface area contributed by atoms with E-state index in [2.05, 4.69) is 36.8 Å². The molecular formula is C16H27N2O4P. The highest BCUT2D eigenvalue weighted by molar-refractivity contribution is 7.72. The average molecular weight is 342 g/mol. The molecule has 3 N–H and O–H groups in total. The van der Waals surface area contributed by atoms with Gasteiger partial charge in [0.15, 0.2) is 0 Å². The number of amides is 2. The number of hydrogen-bond donors (Lipinski definition) is 3. The van der Waals surface area contributed by atoms with Crippen LogP contribution in [0.15, 0.2) is 24.0 Å². The minimum atomic E-state index is -1.19. The van der Waals surface area contributed by atoms with Crippen molar-refractivity contribution in [3.8, 4) is 0 Å². The third kappa shape index (κ3) is 4.48. The number of aliphatic hydroxyl groups is 1. The van der Waals surface area contributed by atoms with Gasteiger partial charge in [0.1, 0.15) is 18.3 Å². The zero-order valence-electron chi connectivity index (χ0n) is 14.0. The molecule has 130 valence electrons. The fourth-order valence-electron chi connectivity index (χ4n) is 2.81. The molecule has 0 aromatic carbocycles. The number of hydrogen-bond acceptors (Lipinski definition) is 4. The molecule has 1 fully saturated rings. The summed E-state index contributed by atoms with van der Waals surface area (Å²) in [5.41, 5.74) is 1.18. The summed E-state index contributed by atoms with van der Waals surface area (Å²) in [6, 6.07) is -0.328.